The second-order valence-electron chi connectivity index (χ2n) is 5.25. The van der Waals surface area contributed by atoms with Crippen LogP contribution in [0.1, 0.15) is 11.1 Å². The first-order valence-electron chi connectivity index (χ1n) is 6.94. The predicted molar refractivity (Wildman–Crippen MR) is 85.6 cm³/mol. The van der Waals surface area contributed by atoms with E-state index in [9.17, 15) is 13.2 Å². The van der Waals surface area contributed by atoms with Crippen LogP contribution in [0.25, 0.3) is 10.8 Å². The number of alkyl halides is 3. The first-order chi connectivity index (χ1) is 10.9. The van der Waals surface area contributed by atoms with E-state index in [0.717, 1.165) is 34.2 Å². The fraction of sp³-hybridized carbons (Fsp3) is 0.118. The lowest BCUT2D eigenvalue weighted by molar-refractivity contribution is -0.137. The first kappa shape index (κ1) is 15.1. The minimum Gasteiger partial charge on any atom is -0.383 e. The van der Waals surface area contributed by atoms with Crippen molar-refractivity contribution in [2.75, 3.05) is 11.1 Å². The summed E-state index contributed by atoms with van der Waals surface area (Å²) in [6.45, 7) is 1.88. The molecule has 3 N–H and O–H groups in total. The predicted octanol–water partition coefficient (Wildman–Crippen LogP) is 4.89. The van der Waals surface area contributed by atoms with Gasteiger partial charge in [0, 0.05) is 28.3 Å². The van der Waals surface area contributed by atoms with E-state index < -0.39 is 11.7 Å². The van der Waals surface area contributed by atoms with Gasteiger partial charge in [0.2, 0.25) is 0 Å². The SMILES string of the molecule is Cc1ccc2c(N)nccc2c1Nc1cccc(C(F)(F)F)c1. The molecule has 0 unspecified atom stereocenters. The van der Waals surface area contributed by atoms with Crippen molar-refractivity contribution in [3.63, 3.8) is 0 Å². The van der Waals surface area contributed by atoms with Crippen LogP contribution in [-0.2, 0) is 6.18 Å². The Kier molecular flexibility index (Phi) is 3.60. The molecule has 0 radical (unpaired) electrons. The summed E-state index contributed by atoms with van der Waals surface area (Å²) >= 11 is 0. The number of nitrogen functional groups attached to an aromatic ring is 1. The van der Waals surface area contributed by atoms with E-state index in [1.165, 1.54) is 6.07 Å². The van der Waals surface area contributed by atoms with Gasteiger partial charge in [-0.3, -0.25) is 0 Å². The summed E-state index contributed by atoms with van der Waals surface area (Å²) in [4.78, 5) is 4.03. The number of aryl methyl sites for hydroxylation is 1. The van der Waals surface area contributed by atoms with Crippen molar-refractivity contribution >= 4 is 28.0 Å². The fourth-order valence-electron chi connectivity index (χ4n) is 2.47. The lowest BCUT2D eigenvalue weighted by Crippen LogP contribution is -2.05. The van der Waals surface area contributed by atoms with Gasteiger partial charge < -0.3 is 11.1 Å². The molecule has 0 spiro atoms. The lowest BCUT2D eigenvalue weighted by atomic mass is 10.1. The monoisotopic (exact) mass is 317 g/mol. The van der Waals surface area contributed by atoms with Crippen LogP contribution in [-0.4, -0.2) is 4.98 Å². The van der Waals surface area contributed by atoms with Crippen LogP contribution in [0, 0.1) is 6.92 Å². The molecule has 1 heterocycles. The van der Waals surface area contributed by atoms with Gasteiger partial charge >= 0.3 is 6.18 Å². The second-order valence-corrected chi connectivity index (χ2v) is 5.25. The molecule has 23 heavy (non-hydrogen) atoms. The third-order valence-electron chi connectivity index (χ3n) is 3.64. The first-order valence-corrected chi connectivity index (χ1v) is 6.94. The molecule has 0 amide bonds. The van der Waals surface area contributed by atoms with Gasteiger partial charge in [-0.15, -0.1) is 0 Å². The summed E-state index contributed by atoms with van der Waals surface area (Å²) in [6, 6.07) is 10.6. The van der Waals surface area contributed by atoms with Gasteiger partial charge in [0.05, 0.1) is 5.56 Å². The summed E-state index contributed by atoms with van der Waals surface area (Å²) < 4.78 is 38.5. The quantitative estimate of drug-likeness (QED) is 0.707. The Morgan fingerprint density at radius 3 is 2.57 bits per heavy atom. The number of nitrogens with two attached hydrogens (primary N) is 1. The van der Waals surface area contributed by atoms with Crippen LogP contribution < -0.4 is 11.1 Å². The number of nitrogens with one attached hydrogen (secondary N) is 1. The van der Waals surface area contributed by atoms with Gasteiger partial charge in [0.1, 0.15) is 5.82 Å². The number of nitrogens with zero attached hydrogens (tertiary/aromatic N) is 1. The maximum Gasteiger partial charge on any atom is 0.416 e. The van der Waals surface area contributed by atoms with Gasteiger partial charge in [-0.2, -0.15) is 13.2 Å². The Morgan fingerprint density at radius 2 is 1.83 bits per heavy atom. The van der Waals surface area contributed by atoms with E-state index in [-0.39, 0.29) is 0 Å². The molecule has 0 aliphatic heterocycles. The normalized spacial score (nSPS) is 11.7. The van der Waals surface area contributed by atoms with Crippen molar-refractivity contribution in [3.05, 3.63) is 59.8 Å². The minimum atomic E-state index is -4.38. The smallest absolute Gasteiger partial charge is 0.383 e. The van der Waals surface area contributed by atoms with Crippen LogP contribution >= 0.6 is 0 Å². The van der Waals surface area contributed by atoms with Gasteiger partial charge in [0.15, 0.2) is 0 Å². The molecule has 3 aromatic rings. The van der Waals surface area contributed by atoms with Crippen molar-refractivity contribution in [1.29, 1.82) is 0 Å². The van der Waals surface area contributed by atoms with Crippen LogP contribution in [0.5, 0.6) is 0 Å². The van der Waals surface area contributed by atoms with Crippen molar-refractivity contribution < 1.29 is 13.2 Å². The number of hydrogen-bond acceptors (Lipinski definition) is 3. The Labute approximate surface area is 131 Å². The lowest BCUT2D eigenvalue weighted by Gasteiger charge is -2.15. The Bertz CT molecular complexity index is 873. The molecule has 0 atom stereocenters. The molecular formula is C17H14F3N3. The van der Waals surface area contributed by atoms with Crippen LogP contribution in [0.4, 0.5) is 30.4 Å². The van der Waals surface area contributed by atoms with Gasteiger partial charge in [0.25, 0.3) is 0 Å². The number of benzene rings is 2. The topological polar surface area (TPSA) is 50.9 Å². The van der Waals surface area contributed by atoms with E-state index in [1.807, 2.05) is 19.1 Å². The molecule has 0 aliphatic rings. The highest BCUT2D eigenvalue weighted by Gasteiger charge is 2.30. The number of aromatic nitrogens is 1. The van der Waals surface area contributed by atoms with E-state index in [1.54, 1.807) is 18.3 Å². The van der Waals surface area contributed by atoms with Gasteiger partial charge in [-0.25, -0.2) is 4.98 Å². The Morgan fingerprint density at radius 1 is 1.04 bits per heavy atom. The highest BCUT2D eigenvalue weighted by molar-refractivity contribution is 6.01. The van der Waals surface area contributed by atoms with Crippen LogP contribution in [0.3, 0.4) is 0 Å². The van der Waals surface area contributed by atoms with E-state index in [0.29, 0.717) is 11.5 Å². The number of halogens is 3. The second kappa shape index (κ2) is 5.46. The molecule has 1 aromatic heterocycles. The van der Waals surface area contributed by atoms with Crippen molar-refractivity contribution in [1.82, 2.24) is 4.98 Å². The van der Waals surface area contributed by atoms with Crippen LogP contribution in [0.2, 0.25) is 0 Å². The highest BCUT2D eigenvalue weighted by atomic mass is 19.4. The number of hydrogen-bond donors (Lipinski definition) is 2. The zero-order valence-electron chi connectivity index (χ0n) is 12.3. The molecule has 0 saturated carbocycles. The maximum atomic E-state index is 12.8. The molecule has 2 aromatic carbocycles. The zero-order chi connectivity index (χ0) is 16.6. The average molecular weight is 317 g/mol. The molecule has 6 heteroatoms. The molecule has 0 bridgehead atoms. The van der Waals surface area contributed by atoms with Gasteiger partial charge in [-0.1, -0.05) is 18.2 Å². The Balaban J connectivity index is 2.09. The zero-order valence-corrected chi connectivity index (χ0v) is 12.3. The van der Waals surface area contributed by atoms with E-state index in [4.69, 9.17) is 5.73 Å². The average Bonchev–Trinajstić information content (AvgIpc) is 2.50. The van der Waals surface area contributed by atoms with Gasteiger partial charge in [-0.05, 0) is 36.8 Å². The van der Waals surface area contributed by atoms with Crippen molar-refractivity contribution in [2.45, 2.75) is 13.1 Å². The minimum absolute atomic E-state index is 0.366. The number of rotatable bonds is 2. The fourth-order valence-corrected chi connectivity index (χ4v) is 2.47. The standard InChI is InChI=1S/C17H14F3N3/c1-10-5-6-14-13(7-8-22-16(14)21)15(10)23-12-4-2-3-11(9-12)17(18,19)20/h2-9,23H,1H3,(H2,21,22). The third-order valence-corrected chi connectivity index (χ3v) is 3.64. The van der Waals surface area contributed by atoms with E-state index >= 15 is 0 Å². The molecule has 0 saturated heterocycles. The summed E-state index contributed by atoms with van der Waals surface area (Å²) in [5.41, 5.74) is 7.16. The third kappa shape index (κ3) is 2.92. The number of pyridine rings is 1. The summed E-state index contributed by atoms with van der Waals surface area (Å²) in [5.74, 6) is 0.384. The largest absolute Gasteiger partial charge is 0.416 e. The van der Waals surface area contributed by atoms with E-state index in [2.05, 4.69) is 10.3 Å². The Hall–Kier alpha value is -2.76. The highest BCUT2D eigenvalue weighted by Crippen LogP contribution is 2.34. The van der Waals surface area contributed by atoms with Crippen LogP contribution in [0.15, 0.2) is 48.7 Å². The summed E-state index contributed by atoms with van der Waals surface area (Å²) in [5, 5.41) is 4.64. The molecule has 0 aliphatic carbocycles. The summed E-state index contributed by atoms with van der Waals surface area (Å²) in [7, 11) is 0. The van der Waals surface area contributed by atoms with Crippen molar-refractivity contribution in [3.8, 4) is 0 Å². The number of fused-ring (bicyclic) bond motifs is 1. The van der Waals surface area contributed by atoms with Crippen molar-refractivity contribution in [2.24, 2.45) is 0 Å². The molecule has 118 valence electrons. The summed E-state index contributed by atoms with van der Waals surface area (Å²) in [6.07, 6.45) is -2.80. The maximum absolute atomic E-state index is 12.8. The number of anilines is 3. The molecule has 0 fully saturated rings. The molecule has 3 nitrogen and oxygen atoms in total. The molecular weight excluding hydrogens is 303 g/mol. The molecule has 3 rings (SSSR count).